The predicted molar refractivity (Wildman–Crippen MR) is 111 cm³/mol. The summed E-state index contributed by atoms with van der Waals surface area (Å²) in [5.74, 6) is -0.450. The molecule has 0 radical (unpaired) electrons. The summed E-state index contributed by atoms with van der Waals surface area (Å²) < 4.78 is 20.9. The summed E-state index contributed by atoms with van der Waals surface area (Å²) in [5, 5.41) is 0. The summed E-state index contributed by atoms with van der Waals surface area (Å²) in [4.78, 5) is 35.5. The van der Waals surface area contributed by atoms with Crippen molar-refractivity contribution >= 4 is 24.0 Å². The van der Waals surface area contributed by atoms with Crippen molar-refractivity contribution in [3.8, 4) is 11.5 Å². The lowest BCUT2D eigenvalue weighted by atomic mass is 9.74. The van der Waals surface area contributed by atoms with Gasteiger partial charge in [0.1, 0.15) is 12.7 Å². The van der Waals surface area contributed by atoms with E-state index in [-0.39, 0.29) is 18.7 Å². The lowest BCUT2D eigenvalue weighted by Gasteiger charge is -2.34. The van der Waals surface area contributed by atoms with E-state index in [0.717, 1.165) is 0 Å². The zero-order valence-electron chi connectivity index (χ0n) is 17.6. The van der Waals surface area contributed by atoms with Gasteiger partial charge in [-0.05, 0) is 56.4 Å². The molecule has 0 bridgehead atoms. The molecule has 0 atom stereocenters. The van der Waals surface area contributed by atoms with E-state index in [0.29, 0.717) is 42.7 Å². The molecule has 0 unspecified atom stereocenters. The first kappa shape index (κ1) is 23.2. The first-order valence-electron chi connectivity index (χ1n) is 9.80. The highest BCUT2D eigenvalue weighted by atomic mass is 16.6. The molecule has 30 heavy (non-hydrogen) atoms. The predicted octanol–water partition coefficient (Wildman–Crippen LogP) is 3.86. The van der Waals surface area contributed by atoms with E-state index in [2.05, 4.69) is 6.58 Å². The van der Waals surface area contributed by atoms with Gasteiger partial charge in [-0.15, -0.1) is 0 Å². The van der Waals surface area contributed by atoms with E-state index in [4.69, 9.17) is 18.9 Å². The van der Waals surface area contributed by atoms with Gasteiger partial charge in [-0.1, -0.05) is 18.7 Å². The Bertz CT molecular complexity index is 817. The standard InChI is InChI=1S/C23H28O7/c1-5-14-28-22(26)23(3)12-10-18(11-13-23)30-21(25)9-7-17-6-8-19(29-16(2)24)20(15-17)27-4/h5-9,15,18H,1,10-14H2,2-4H3/b9-7+. The fourth-order valence-electron chi connectivity index (χ4n) is 3.25. The molecule has 0 heterocycles. The summed E-state index contributed by atoms with van der Waals surface area (Å²) in [6.07, 6.45) is 6.64. The summed E-state index contributed by atoms with van der Waals surface area (Å²) >= 11 is 0. The monoisotopic (exact) mass is 416 g/mol. The Morgan fingerprint density at radius 3 is 2.50 bits per heavy atom. The molecule has 0 aromatic heterocycles. The number of rotatable bonds is 8. The second kappa shape index (κ2) is 10.6. The Morgan fingerprint density at radius 2 is 1.90 bits per heavy atom. The third kappa shape index (κ3) is 6.47. The van der Waals surface area contributed by atoms with E-state index >= 15 is 0 Å². The molecule has 1 aromatic carbocycles. The first-order valence-corrected chi connectivity index (χ1v) is 9.80. The van der Waals surface area contributed by atoms with Gasteiger partial charge in [0.2, 0.25) is 0 Å². The molecule has 0 N–H and O–H groups in total. The molecule has 1 aromatic rings. The lowest BCUT2D eigenvalue weighted by Crippen LogP contribution is -2.37. The van der Waals surface area contributed by atoms with Crippen molar-refractivity contribution in [3.05, 3.63) is 42.5 Å². The van der Waals surface area contributed by atoms with Crippen LogP contribution in [0.4, 0.5) is 0 Å². The van der Waals surface area contributed by atoms with Crippen LogP contribution >= 0.6 is 0 Å². The van der Waals surface area contributed by atoms with Gasteiger partial charge in [-0.25, -0.2) is 4.79 Å². The van der Waals surface area contributed by atoms with E-state index in [1.54, 1.807) is 30.4 Å². The smallest absolute Gasteiger partial charge is 0.331 e. The molecular formula is C23H28O7. The summed E-state index contributed by atoms with van der Waals surface area (Å²) in [7, 11) is 1.47. The van der Waals surface area contributed by atoms with Gasteiger partial charge in [0, 0.05) is 13.0 Å². The van der Waals surface area contributed by atoms with Crippen LogP contribution in [0.25, 0.3) is 6.08 Å². The van der Waals surface area contributed by atoms with Crippen molar-refractivity contribution in [1.82, 2.24) is 0 Å². The molecule has 7 nitrogen and oxygen atoms in total. The first-order chi connectivity index (χ1) is 14.3. The van der Waals surface area contributed by atoms with Gasteiger partial charge in [-0.3, -0.25) is 9.59 Å². The molecule has 2 rings (SSSR count). The molecular weight excluding hydrogens is 388 g/mol. The zero-order chi connectivity index (χ0) is 22.1. The van der Waals surface area contributed by atoms with E-state index in [1.807, 2.05) is 6.92 Å². The number of benzene rings is 1. The maximum Gasteiger partial charge on any atom is 0.331 e. The van der Waals surface area contributed by atoms with Crippen molar-refractivity contribution in [3.63, 3.8) is 0 Å². The second-order valence-electron chi connectivity index (χ2n) is 7.42. The summed E-state index contributed by atoms with van der Waals surface area (Å²) in [6.45, 7) is 6.93. The third-order valence-electron chi connectivity index (χ3n) is 5.00. The van der Waals surface area contributed by atoms with Crippen LogP contribution in [0.15, 0.2) is 36.9 Å². The molecule has 1 saturated carbocycles. The van der Waals surface area contributed by atoms with Crippen molar-refractivity contribution in [2.75, 3.05) is 13.7 Å². The van der Waals surface area contributed by atoms with Crippen LogP contribution < -0.4 is 9.47 Å². The molecule has 0 amide bonds. The van der Waals surface area contributed by atoms with Crippen molar-refractivity contribution in [2.24, 2.45) is 5.41 Å². The van der Waals surface area contributed by atoms with Gasteiger partial charge in [0.15, 0.2) is 11.5 Å². The van der Waals surface area contributed by atoms with Crippen LogP contribution in [0, 0.1) is 5.41 Å². The molecule has 1 fully saturated rings. The van der Waals surface area contributed by atoms with E-state index in [9.17, 15) is 14.4 Å². The minimum absolute atomic E-state index is 0.199. The number of ether oxygens (including phenoxy) is 4. The number of esters is 3. The fraction of sp³-hybridized carbons (Fsp3) is 0.435. The minimum Gasteiger partial charge on any atom is -0.493 e. The molecule has 0 aliphatic heterocycles. The maximum atomic E-state index is 12.2. The van der Waals surface area contributed by atoms with Gasteiger partial charge in [-0.2, -0.15) is 0 Å². The van der Waals surface area contributed by atoms with Crippen molar-refractivity contribution in [2.45, 2.75) is 45.6 Å². The highest BCUT2D eigenvalue weighted by Gasteiger charge is 2.39. The van der Waals surface area contributed by atoms with Gasteiger partial charge < -0.3 is 18.9 Å². The Morgan fingerprint density at radius 1 is 1.20 bits per heavy atom. The van der Waals surface area contributed by atoms with Crippen LogP contribution in [0.5, 0.6) is 11.5 Å². The zero-order valence-corrected chi connectivity index (χ0v) is 17.6. The second-order valence-corrected chi connectivity index (χ2v) is 7.42. The molecule has 0 spiro atoms. The molecule has 0 saturated heterocycles. The fourth-order valence-corrected chi connectivity index (χ4v) is 3.25. The van der Waals surface area contributed by atoms with Crippen LogP contribution in [-0.4, -0.2) is 37.7 Å². The quantitative estimate of drug-likeness (QED) is 0.275. The normalized spacial score (nSPS) is 21.0. The highest BCUT2D eigenvalue weighted by Crippen LogP contribution is 2.38. The lowest BCUT2D eigenvalue weighted by molar-refractivity contribution is -0.158. The van der Waals surface area contributed by atoms with E-state index < -0.39 is 17.4 Å². The SMILES string of the molecule is C=CCOC(=O)C1(C)CCC(OC(=O)/C=C/c2ccc(OC(C)=O)c(OC)c2)CC1. The van der Waals surface area contributed by atoms with Gasteiger partial charge in [0.05, 0.1) is 12.5 Å². The van der Waals surface area contributed by atoms with Crippen LogP contribution in [-0.2, 0) is 23.9 Å². The van der Waals surface area contributed by atoms with Crippen LogP contribution in [0.3, 0.4) is 0 Å². The molecule has 162 valence electrons. The third-order valence-corrected chi connectivity index (χ3v) is 5.00. The average Bonchev–Trinajstić information content (AvgIpc) is 2.72. The van der Waals surface area contributed by atoms with E-state index in [1.165, 1.54) is 20.1 Å². The van der Waals surface area contributed by atoms with Crippen molar-refractivity contribution < 1.29 is 33.3 Å². The number of hydrogen-bond acceptors (Lipinski definition) is 7. The minimum atomic E-state index is -0.554. The van der Waals surface area contributed by atoms with Crippen LogP contribution in [0.1, 0.15) is 45.1 Å². The Labute approximate surface area is 176 Å². The summed E-state index contributed by atoms with van der Waals surface area (Å²) in [6, 6.07) is 4.95. The molecule has 1 aliphatic rings. The maximum absolute atomic E-state index is 12.2. The topological polar surface area (TPSA) is 88.1 Å². The largest absolute Gasteiger partial charge is 0.493 e. The highest BCUT2D eigenvalue weighted by molar-refractivity contribution is 5.87. The number of methoxy groups -OCH3 is 1. The average molecular weight is 416 g/mol. The van der Waals surface area contributed by atoms with Gasteiger partial charge >= 0.3 is 17.9 Å². The Hall–Kier alpha value is -3.09. The number of hydrogen-bond donors (Lipinski definition) is 0. The number of carbonyl (C=O) groups excluding carboxylic acids is 3. The number of carbonyl (C=O) groups is 3. The summed E-state index contributed by atoms with van der Waals surface area (Å²) in [5.41, 5.74) is 0.142. The Balaban J connectivity index is 1.89. The van der Waals surface area contributed by atoms with Crippen molar-refractivity contribution in [1.29, 1.82) is 0 Å². The molecule has 7 heteroatoms. The van der Waals surface area contributed by atoms with Gasteiger partial charge in [0.25, 0.3) is 0 Å². The Kier molecular flexibility index (Phi) is 8.21. The van der Waals surface area contributed by atoms with Crippen LogP contribution in [0.2, 0.25) is 0 Å². The molecule has 1 aliphatic carbocycles.